The number of amides is 1. The molecule has 20 heavy (non-hydrogen) atoms. The van der Waals surface area contributed by atoms with Crippen LogP contribution in [0.25, 0.3) is 0 Å². The summed E-state index contributed by atoms with van der Waals surface area (Å²) >= 11 is 1.65. The van der Waals surface area contributed by atoms with E-state index in [1.54, 1.807) is 22.3 Å². The van der Waals surface area contributed by atoms with Gasteiger partial charge in [-0.15, -0.1) is 11.3 Å². The summed E-state index contributed by atoms with van der Waals surface area (Å²) in [5.41, 5.74) is 1.77. The highest BCUT2D eigenvalue weighted by molar-refractivity contribution is 7.13. The predicted molar refractivity (Wildman–Crippen MR) is 76.2 cm³/mol. The highest BCUT2D eigenvalue weighted by Crippen LogP contribution is 2.21. The van der Waals surface area contributed by atoms with Gasteiger partial charge >= 0.3 is 0 Å². The monoisotopic (exact) mass is 292 g/mol. The molecule has 1 amide bonds. The number of thiazole rings is 1. The van der Waals surface area contributed by atoms with Crippen LogP contribution in [-0.4, -0.2) is 47.1 Å². The van der Waals surface area contributed by atoms with Gasteiger partial charge in [0, 0.05) is 37.6 Å². The third-order valence-electron chi connectivity index (χ3n) is 3.28. The molecule has 1 saturated heterocycles. The quantitative estimate of drug-likeness (QED) is 0.843. The number of aromatic nitrogens is 2. The summed E-state index contributed by atoms with van der Waals surface area (Å²) in [6.07, 6.45) is 0. The fourth-order valence-corrected chi connectivity index (χ4v) is 3.06. The van der Waals surface area contributed by atoms with E-state index in [1.807, 2.05) is 19.2 Å². The number of carbonyl (C=O) groups excluding carboxylic acids is 1. The molecule has 0 saturated carbocycles. The summed E-state index contributed by atoms with van der Waals surface area (Å²) in [6, 6.07) is 1.68. The number of aryl methyl sites for hydroxylation is 2. The van der Waals surface area contributed by atoms with Crippen molar-refractivity contribution < 1.29 is 9.32 Å². The van der Waals surface area contributed by atoms with Gasteiger partial charge in [-0.25, -0.2) is 4.98 Å². The first-order chi connectivity index (χ1) is 9.63. The minimum absolute atomic E-state index is 0.0828. The molecule has 0 radical (unpaired) electrons. The normalized spacial score (nSPS) is 15.7. The van der Waals surface area contributed by atoms with Crippen LogP contribution in [0.2, 0.25) is 0 Å². The average Bonchev–Trinajstić information content (AvgIpc) is 3.07. The van der Waals surface area contributed by atoms with Gasteiger partial charge in [-0.1, -0.05) is 5.16 Å². The van der Waals surface area contributed by atoms with Crippen LogP contribution in [-0.2, 0) is 0 Å². The zero-order valence-corrected chi connectivity index (χ0v) is 12.3. The zero-order chi connectivity index (χ0) is 14.1. The Morgan fingerprint density at radius 2 is 2.00 bits per heavy atom. The number of carbonyl (C=O) groups is 1. The summed E-state index contributed by atoms with van der Waals surface area (Å²) in [5.74, 6) is 0.238. The first-order valence-corrected chi connectivity index (χ1v) is 7.41. The topological polar surface area (TPSA) is 62.5 Å². The number of hydrogen-bond donors (Lipinski definition) is 0. The summed E-state index contributed by atoms with van der Waals surface area (Å²) in [5, 5.41) is 6.83. The lowest BCUT2D eigenvalue weighted by Gasteiger charge is -2.34. The molecule has 3 heterocycles. The highest BCUT2D eigenvalue weighted by atomic mass is 32.1. The van der Waals surface area contributed by atoms with E-state index in [1.165, 1.54) is 0 Å². The van der Waals surface area contributed by atoms with Gasteiger partial charge in [0.2, 0.25) is 5.76 Å². The zero-order valence-electron chi connectivity index (χ0n) is 11.5. The van der Waals surface area contributed by atoms with Crippen LogP contribution in [0.15, 0.2) is 16.0 Å². The predicted octanol–water partition coefficient (Wildman–Crippen LogP) is 1.71. The Morgan fingerprint density at radius 1 is 1.25 bits per heavy atom. The summed E-state index contributed by atoms with van der Waals surface area (Å²) in [4.78, 5) is 20.7. The van der Waals surface area contributed by atoms with Crippen LogP contribution in [0.5, 0.6) is 0 Å². The van der Waals surface area contributed by atoms with Crippen molar-refractivity contribution in [2.24, 2.45) is 0 Å². The van der Waals surface area contributed by atoms with E-state index in [0.29, 0.717) is 18.8 Å². The molecule has 1 fully saturated rings. The van der Waals surface area contributed by atoms with Crippen LogP contribution in [0.3, 0.4) is 0 Å². The van der Waals surface area contributed by atoms with E-state index in [0.717, 1.165) is 29.6 Å². The van der Waals surface area contributed by atoms with Crippen LogP contribution in [0.4, 0.5) is 5.13 Å². The highest BCUT2D eigenvalue weighted by Gasteiger charge is 2.25. The summed E-state index contributed by atoms with van der Waals surface area (Å²) in [7, 11) is 0. The third-order valence-corrected chi connectivity index (χ3v) is 4.30. The van der Waals surface area contributed by atoms with Crippen molar-refractivity contribution in [3.8, 4) is 0 Å². The molecule has 0 atom stereocenters. The Bertz CT molecular complexity index is 613. The molecule has 0 spiro atoms. The fourth-order valence-electron chi connectivity index (χ4n) is 2.21. The lowest BCUT2D eigenvalue weighted by molar-refractivity contribution is 0.0704. The van der Waals surface area contributed by atoms with Gasteiger partial charge in [0.05, 0.1) is 11.4 Å². The molecular weight excluding hydrogens is 276 g/mol. The molecular formula is C13H16N4O2S. The van der Waals surface area contributed by atoms with Gasteiger partial charge in [-0.2, -0.15) is 0 Å². The number of hydrogen-bond acceptors (Lipinski definition) is 6. The second-order valence-corrected chi connectivity index (χ2v) is 5.72. The molecule has 2 aromatic heterocycles. The van der Waals surface area contributed by atoms with Gasteiger partial charge in [-0.3, -0.25) is 4.79 Å². The number of anilines is 1. The Balaban J connectivity index is 1.62. The molecule has 106 valence electrons. The number of piperazine rings is 1. The van der Waals surface area contributed by atoms with Gasteiger partial charge in [0.1, 0.15) is 0 Å². The smallest absolute Gasteiger partial charge is 0.292 e. The number of nitrogens with zero attached hydrogens (tertiary/aromatic N) is 4. The van der Waals surface area contributed by atoms with E-state index in [4.69, 9.17) is 4.52 Å². The van der Waals surface area contributed by atoms with Crippen LogP contribution in [0.1, 0.15) is 21.9 Å². The lowest BCUT2D eigenvalue weighted by Crippen LogP contribution is -2.48. The second kappa shape index (κ2) is 5.24. The van der Waals surface area contributed by atoms with E-state index < -0.39 is 0 Å². The largest absolute Gasteiger partial charge is 0.351 e. The fraction of sp³-hybridized carbons (Fsp3) is 0.462. The molecule has 0 bridgehead atoms. The summed E-state index contributed by atoms with van der Waals surface area (Å²) < 4.78 is 5.03. The molecule has 7 heteroatoms. The SMILES string of the molecule is Cc1cc(C(=O)N2CCN(c3nc(C)cs3)CC2)on1. The molecule has 1 aliphatic rings. The number of rotatable bonds is 2. The average molecular weight is 292 g/mol. The Kier molecular flexibility index (Phi) is 3.43. The van der Waals surface area contributed by atoms with Crippen molar-refractivity contribution in [2.75, 3.05) is 31.1 Å². The standard InChI is InChI=1S/C13H16N4O2S/c1-9-7-11(19-15-9)12(18)16-3-5-17(6-4-16)13-14-10(2)8-20-13/h7-8H,3-6H2,1-2H3. The minimum atomic E-state index is -0.0828. The second-order valence-electron chi connectivity index (χ2n) is 4.88. The van der Waals surface area contributed by atoms with Gasteiger partial charge in [0.25, 0.3) is 5.91 Å². The Hall–Kier alpha value is -1.89. The molecule has 1 aliphatic heterocycles. The van der Waals surface area contributed by atoms with Gasteiger partial charge < -0.3 is 14.3 Å². The minimum Gasteiger partial charge on any atom is -0.351 e. The van der Waals surface area contributed by atoms with Crippen molar-refractivity contribution in [1.29, 1.82) is 0 Å². The van der Waals surface area contributed by atoms with Gasteiger partial charge in [-0.05, 0) is 13.8 Å². The Labute approximate surface area is 121 Å². The molecule has 2 aromatic rings. The maximum Gasteiger partial charge on any atom is 0.292 e. The first kappa shape index (κ1) is 13.1. The molecule has 0 aromatic carbocycles. The molecule has 0 unspecified atom stereocenters. The van der Waals surface area contributed by atoms with Crippen LogP contribution < -0.4 is 4.90 Å². The maximum atomic E-state index is 12.2. The molecule has 0 aliphatic carbocycles. The van der Waals surface area contributed by atoms with Crippen LogP contribution >= 0.6 is 11.3 Å². The van der Waals surface area contributed by atoms with Crippen molar-refractivity contribution in [3.63, 3.8) is 0 Å². The Morgan fingerprint density at radius 3 is 2.55 bits per heavy atom. The molecule has 6 nitrogen and oxygen atoms in total. The summed E-state index contributed by atoms with van der Waals surface area (Å²) in [6.45, 7) is 6.75. The van der Waals surface area contributed by atoms with E-state index in [-0.39, 0.29) is 5.91 Å². The molecule has 0 N–H and O–H groups in total. The van der Waals surface area contributed by atoms with E-state index >= 15 is 0 Å². The van der Waals surface area contributed by atoms with Gasteiger partial charge in [0.15, 0.2) is 5.13 Å². The van der Waals surface area contributed by atoms with Crippen molar-refractivity contribution in [3.05, 3.63) is 28.6 Å². The van der Waals surface area contributed by atoms with Crippen molar-refractivity contribution in [1.82, 2.24) is 15.0 Å². The third kappa shape index (κ3) is 2.53. The van der Waals surface area contributed by atoms with Crippen molar-refractivity contribution in [2.45, 2.75) is 13.8 Å². The van der Waals surface area contributed by atoms with E-state index in [2.05, 4.69) is 15.0 Å². The van der Waals surface area contributed by atoms with Crippen LogP contribution in [0, 0.1) is 13.8 Å². The van der Waals surface area contributed by atoms with Crippen molar-refractivity contribution >= 4 is 22.4 Å². The molecule has 3 rings (SSSR count). The van der Waals surface area contributed by atoms with E-state index in [9.17, 15) is 4.79 Å². The lowest BCUT2D eigenvalue weighted by atomic mass is 10.3. The first-order valence-electron chi connectivity index (χ1n) is 6.53. The maximum absolute atomic E-state index is 12.2.